The van der Waals surface area contributed by atoms with Gasteiger partial charge in [-0.05, 0) is 12.1 Å². The molecule has 2 aromatic carbocycles. The molecule has 0 spiro atoms. The van der Waals surface area contributed by atoms with E-state index >= 15 is 0 Å². The molecule has 0 amide bonds. The molecule has 3 rings (SSSR count). The number of nitrogens with zero attached hydrogens (tertiary/aromatic N) is 1. The van der Waals surface area contributed by atoms with Crippen LogP contribution in [0.2, 0.25) is 0 Å². The van der Waals surface area contributed by atoms with Gasteiger partial charge in [-0.25, -0.2) is 4.79 Å². The Morgan fingerprint density at radius 2 is 1.21 bits per heavy atom. The minimum atomic E-state index is -1.53. The van der Waals surface area contributed by atoms with Gasteiger partial charge in [0.15, 0.2) is 12.0 Å². The molecular weight excluding hydrogens is 438 g/mol. The lowest BCUT2D eigenvalue weighted by atomic mass is 9.83. The molecule has 0 N–H and O–H groups in total. The predicted molar refractivity (Wildman–Crippen MR) is 123 cm³/mol. The summed E-state index contributed by atoms with van der Waals surface area (Å²) in [6.45, 7) is 0. The van der Waals surface area contributed by atoms with E-state index in [4.69, 9.17) is 23.6 Å². The molecule has 3 aromatic rings. The Bertz CT molecular complexity index is 1070. The van der Waals surface area contributed by atoms with Crippen molar-refractivity contribution in [1.29, 1.82) is 0 Å². The van der Waals surface area contributed by atoms with Crippen molar-refractivity contribution in [3.8, 4) is 0 Å². The molecule has 0 aliphatic rings. The monoisotopic (exact) mass is 463 g/mol. The minimum absolute atomic E-state index is 0.181. The number of hydrogen-bond donors (Lipinski definition) is 0. The number of methoxy groups -OCH3 is 3. The summed E-state index contributed by atoms with van der Waals surface area (Å²) in [6.07, 6.45) is 1.38. The second-order valence-corrected chi connectivity index (χ2v) is 7.24. The van der Waals surface area contributed by atoms with Crippen LogP contribution < -0.4 is 0 Å². The Labute approximate surface area is 197 Å². The van der Waals surface area contributed by atoms with Crippen molar-refractivity contribution in [1.82, 2.24) is 0 Å². The van der Waals surface area contributed by atoms with Crippen LogP contribution in [0.1, 0.15) is 22.8 Å². The molecule has 0 bridgehead atoms. The third-order valence-electron chi connectivity index (χ3n) is 5.29. The normalized spacial score (nSPS) is 12.4. The maximum absolute atomic E-state index is 13.1. The van der Waals surface area contributed by atoms with Gasteiger partial charge in [0.2, 0.25) is 0 Å². The van der Waals surface area contributed by atoms with Crippen LogP contribution in [0.25, 0.3) is 0 Å². The highest BCUT2D eigenvalue weighted by Crippen LogP contribution is 2.34. The summed E-state index contributed by atoms with van der Waals surface area (Å²) >= 11 is 0. The Balaban J connectivity index is 2.27. The van der Waals surface area contributed by atoms with Crippen LogP contribution in [-0.4, -0.2) is 51.0 Å². The van der Waals surface area contributed by atoms with Gasteiger partial charge in [-0.15, -0.1) is 0 Å². The molecule has 0 saturated heterocycles. The maximum atomic E-state index is 13.1. The molecule has 0 saturated carbocycles. The van der Waals surface area contributed by atoms with Gasteiger partial charge in [0.1, 0.15) is 5.76 Å². The fraction of sp³-hybridized carbons (Fsp3) is 0.231. The lowest BCUT2D eigenvalue weighted by molar-refractivity contribution is -0.161. The van der Waals surface area contributed by atoms with E-state index in [9.17, 15) is 14.4 Å². The molecule has 0 fully saturated rings. The Morgan fingerprint density at radius 3 is 1.62 bits per heavy atom. The summed E-state index contributed by atoms with van der Waals surface area (Å²) in [5, 5.41) is 0. The van der Waals surface area contributed by atoms with Gasteiger partial charge in [-0.3, -0.25) is 14.6 Å². The zero-order valence-electron chi connectivity index (χ0n) is 19.0. The van der Waals surface area contributed by atoms with Gasteiger partial charge < -0.3 is 18.6 Å². The smallest absolute Gasteiger partial charge is 0.331 e. The van der Waals surface area contributed by atoms with E-state index in [2.05, 4.69) is 0 Å². The van der Waals surface area contributed by atoms with Crippen molar-refractivity contribution in [3.05, 3.63) is 95.9 Å². The first-order valence-electron chi connectivity index (χ1n) is 10.5. The van der Waals surface area contributed by atoms with Crippen LogP contribution in [0.3, 0.4) is 0 Å². The highest BCUT2D eigenvalue weighted by atomic mass is 16.5. The first-order valence-corrected chi connectivity index (χ1v) is 10.5. The van der Waals surface area contributed by atoms with Crippen LogP contribution in [0.5, 0.6) is 0 Å². The van der Waals surface area contributed by atoms with E-state index in [0.717, 1.165) is 25.3 Å². The molecular formula is C26H25NO7. The van der Waals surface area contributed by atoms with E-state index in [0.29, 0.717) is 5.71 Å². The summed E-state index contributed by atoms with van der Waals surface area (Å²) in [7, 11) is 3.50. The molecule has 2 atom stereocenters. The quantitative estimate of drug-likeness (QED) is 0.207. The van der Waals surface area contributed by atoms with Gasteiger partial charge in [-0.1, -0.05) is 60.7 Å². The topological polar surface area (TPSA) is 104 Å². The minimum Gasteiger partial charge on any atom is -0.469 e. The summed E-state index contributed by atoms with van der Waals surface area (Å²) in [5.41, 5.74) is 1.93. The molecule has 8 heteroatoms. The number of esters is 3. The third kappa shape index (κ3) is 5.40. The van der Waals surface area contributed by atoms with Crippen molar-refractivity contribution in [3.63, 3.8) is 0 Å². The van der Waals surface area contributed by atoms with Crippen molar-refractivity contribution in [2.24, 2.45) is 10.9 Å². The van der Waals surface area contributed by atoms with Crippen LogP contribution in [-0.2, 0) is 28.6 Å². The molecule has 0 radical (unpaired) electrons. The number of carbonyl (C=O) groups excluding carboxylic acids is 3. The van der Waals surface area contributed by atoms with E-state index in [-0.39, 0.29) is 5.76 Å². The van der Waals surface area contributed by atoms with Crippen molar-refractivity contribution < 1.29 is 33.0 Å². The second-order valence-electron chi connectivity index (χ2n) is 7.24. The third-order valence-corrected chi connectivity index (χ3v) is 5.29. The first-order chi connectivity index (χ1) is 16.5. The zero-order valence-corrected chi connectivity index (χ0v) is 19.0. The molecule has 0 aliphatic heterocycles. The molecule has 8 nitrogen and oxygen atoms in total. The second kappa shape index (κ2) is 11.6. The SMILES string of the molecule is COC(=O)C(C(=O)OC)[C@@H](c1ccco1)[C@@H](N=C(c1ccccc1)c1ccccc1)C(=O)OC. The van der Waals surface area contributed by atoms with Crippen molar-refractivity contribution in [2.45, 2.75) is 12.0 Å². The van der Waals surface area contributed by atoms with Gasteiger partial charge >= 0.3 is 17.9 Å². The number of hydrogen-bond acceptors (Lipinski definition) is 8. The molecule has 1 heterocycles. The predicted octanol–water partition coefficient (Wildman–Crippen LogP) is 3.40. The van der Waals surface area contributed by atoms with Crippen LogP contribution in [0, 0.1) is 5.92 Å². The fourth-order valence-electron chi connectivity index (χ4n) is 3.67. The van der Waals surface area contributed by atoms with Crippen LogP contribution >= 0.6 is 0 Å². The van der Waals surface area contributed by atoms with E-state index in [1.54, 1.807) is 12.1 Å². The number of benzene rings is 2. The largest absolute Gasteiger partial charge is 0.469 e. The molecule has 1 aromatic heterocycles. The first kappa shape index (κ1) is 24.4. The van der Waals surface area contributed by atoms with Crippen molar-refractivity contribution >= 4 is 23.6 Å². The molecule has 34 heavy (non-hydrogen) atoms. The van der Waals surface area contributed by atoms with Gasteiger partial charge in [0.05, 0.1) is 39.2 Å². The maximum Gasteiger partial charge on any atom is 0.331 e. The Kier molecular flexibility index (Phi) is 8.34. The van der Waals surface area contributed by atoms with Crippen LogP contribution in [0.4, 0.5) is 0 Å². The number of carbonyl (C=O) groups is 3. The van der Waals surface area contributed by atoms with Crippen LogP contribution in [0.15, 0.2) is 88.5 Å². The van der Waals surface area contributed by atoms with E-state index < -0.39 is 35.8 Å². The highest BCUT2D eigenvalue weighted by Gasteiger charge is 2.47. The summed E-state index contributed by atoms with van der Waals surface area (Å²) < 4.78 is 20.3. The Hall–Kier alpha value is -4.20. The molecule has 176 valence electrons. The molecule has 0 aliphatic carbocycles. The Morgan fingerprint density at radius 1 is 0.706 bits per heavy atom. The summed E-state index contributed by atoms with van der Waals surface area (Å²) in [4.78, 5) is 43.3. The standard InChI is InChI=1S/C26H25NO7/c1-31-24(28)21(25(29)32-2)20(19-15-10-16-34-19)23(26(30)33-3)27-22(17-11-6-4-7-12-17)18-13-8-5-9-14-18/h4-16,20-21,23H,1-3H3/t20-,23-/m1/s1. The van der Waals surface area contributed by atoms with E-state index in [1.165, 1.54) is 13.4 Å². The van der Waals surface area contributed by atoms with E-state index in [1.807, 2.05) is 60.7 Å². The summed E-state index contributed by atoms with van der Waals surface area (Å²) in [6, 6.07) is 20.3. The lowest BCUT2D eigenvalue weighted by Gasteiger charge is -2.26. The fourth-order valence-corrected chi connectivity index (χ4v) is 3.67. The number of aliphatic imine (C=N–C) groups is 1. The zero-order chi connectivity index (χ0) is 24.5. The average Bonchev–Trinajstić information content (AvgIpc) is 3.42. The lowest BCUT2D eigenvalue weighted by Crippen LogP contribution is -2.41. The number of rotatable bonds is 9. The summed E-state index contributed by atoms with van der Waals surface area (Å²) in [5.74, 6) is -5.08. The average molecular weight is 463 g/mol. The van der Waals surface area contributed by atoms with Gasteiger partial charge in [-0.2, -0.15) is 0 Å². The van der Waals surface area contributed by atoms with Gasteiger partial charge in [0, 0.05) is 11.1 Å². The van der Waals surface area contributed by atoms with Gasteiger partial charge in [0.25, 0.3) is 0 Å². The number of ether oxygens (including phenoxy) is 3. The van der Waals surface area contributed by atoms with Crippen molar-refractivity contribution in [2.75, 3.05) is 21.3 Å². The molecule has 0 unspecified atom stereocenters. The number of furan rings is 1. The highest BCUT2D eigenvalue weighted by molar-refractivity contribution is 6.13.